The molecule has 0 N–H and O–H groups in total. The monoisotopic (exact) mass is 225 g/mol. The van der Waals surface area contributed by atoms with Crippen molar-refractivity contribution in [1.29, 1.82) is 0 Å². The van der Waals surface area contributed by atoms with E-state index in [0.29, 0.717) is 0 Å². The molecule has 1 aliphatic rings. The summed E-state index contributed by atoms with van der Waals surface area (Å²) in [5.41, 5.74) is 2.00. The highest BCUT2D eigenvalue weighted by Gasteiger charge is 2.32. The lowest BCUT2D eigenvalue weighted by atomic mass is 9.86. The minimum atomic E-state index is -0.350. The molecular weight excluding hydrogens is 210 g/mol. The Labute approximate surface area is 101 Å². The summed E-state index contributed by atoms with van der Waals surface area (Å²) in [6.45, 7) is 3.97. The molecule has 2 aromatic rings. The molecule has 2 nitrogen and oxygen atoms in total. The topological polar surface area (TPSA) is 26.1 Å². The van der Waals surface area contributed by atoms with Crippen molar-refractivity contribution in [3.8, 4) is 0 Å². The molecule has 0 radical (unpaired) electrons. The molecule has 1 heterocycles. The first-order chi connectivity index (χ1) is 8.08. The molecular formula is C15H15NO. The van der Waals surface area contributed by atoms with Gasteiger partial charge in [-0.15, -0.1) is 0 Å². The molecule has 0 saturated carbocycles. The van der Waals surface area contributed by atoms with Crippen molar-refractivity contribution in [2.45, 2.75) is 25.8 Å². The summed E-state index contributed by atoms with van der Waals surface area (Å²) < 4.78 is 1.07. The molecule has 1 aliphatic heterocycles. The zero-order chi connectivity index (χ0) is 12.0. The number of hydroxylamine groups is 1. The maximum Gasteiger partial charge on any atom is 0.182 e. The third-order valence-corrected chi connectivity index (χ3v) is 3.54. The molecule has 17 heavy (non-hydrogen) atoms. The Morgan fingerprint density at radius 2 is 1.88 bits per heavy atom. The minimum absolute atomic E-state index is 0.350. The van der Waals surface area contributed by atoms with Crippen molar-refractivity contribution in [3.63, 3.8) is 0 Å². The van der Waals surface area contributed by atoms with E-state index in [2.05, 4.69) is 24.3 Å². The van der Waals surface area contributed by atoms with Crippen LogP contribution in [-0.2, 0) is 6.42 Å². The van der Waals surface area contributed by atoms with E-state index in [-0.39, 0.29) is 5.54 Å². The molecule has 2 heteroatoms. The van der Waals surface area contributed by atoms with Gasteiger partial charge in [-0.1, -0.05) is 30.3 Å². The van der Waals surface area contributed by atoms with Crippen LogP contribution in [0.2, 0.25) is 0 Å². The zero-order valence-electron chi connectivity index (χ0n) is 10.1. The highest BCUT2D eigenvalue weighted by molar-refractivity contribution is 5.94. The van der Waals surface area contributed by atoms with Crippen LogP contribution in [0.25, 0.3) is 10.8 Å². The molecule has 0 atom stereocenters. The molecule has 0 spiro atoms. The Hall–Kier alpha value is -1.83. The van der Waals surface area contributed by atoms with Gasteiger partial charge in [0, 0.05) is 25.8 Å². The average molecular weight is 225 g/mol. The van der Waals surface area contributed by atoms with Crippen LogP contribution in [-0.4, -0.2) is 16.5 Å². The molecule has 86 valence electrons. The molecule has 0 aliphatic carbocycles. The normalized spacial score (nSPS) is 17.6. The fraction of sp³-hybridized carbons (Fsp3) is 0.267. The van der Waals surface area contributed by atoms with Crippen LogP contribution in [0.5, 0.6) is 0 Å². The van der Waals surface area contributed by atoms with E-state index in [4.69, 9.17) is 0 Å². The number of hydrogen-bond acceptors (Lipinski definition) is 1. The van der Waals surface area contributed by atoms with Gasteiger partial charge in [-0.05, 0) is 22.4 Å². The van der Waals surface area contributed by atoms with Crippen LogP contribution in [0.1, 0.15) is 25.0 Å². The molecule has 2 aromatic carbocycles. The van der Waals surface area contributed by atoms with Crippen molar-refractivity contribution in [2.24, 2.45) is 0 Å². The Bertz CT molecular complexity index is 626. The van der Waals surface area contributed by atoms with E-state index in [1.807, 2.05) is 26.0 Å². The third-order valence-electron chi connectivity index (χ3n) is 3.54. The first-order valence-corrected chi connectivity index (χ1v) is 5.90. The summed E-state index contributed by atoms with van der Waals surface area (Å²) in [6, 6.07) is 12.5. The molecule has 0 unspecified atom stereocenters. The Morgan fingerprint density at radius 1 is 1.12 bits per heavy atom. The predicted molar refractivity (Wildman–Crippen MR) is 70.5 cm³/mol. The maximum absolute atomic E-state index is 11.9. The van der Waals surface area contributed by atoms with E-state index >= 15 is 0 Å². The highest BCUT2D eigenvalue weighted by atomic mass is 16.5. The second-order valence-corrected chi connectivity index (χ2v) is 5.30. The van der Waals surface area contributed by atoms with E-state index in [1.165, 1.54) is 16.3 Å². The zero-order valence-corrected chi connectivity index (χ0v) is 10.1. The van der Waals surface area contributed by atoms with E-state index in [9.17, 15) is 5.21 Å². The maximum atomic E-state index is 11.9. The van der Waals surface area contributed by atoms with Gasteiger partial charge < -0.3 is 5.21 Å². The Balaban J connectivity index is 2.33. The summed E-state index contributed by atoms with van der Waals surface area (Å²) in [4.78, 5) is 0. The molecule has 3 rings (SSSR count). The number of fused-ring (bicyclic) bond motifs is 3. The SMILES string of the molecule is CC1(C)Cc2c(ccc3ccccc23)C=[N+]1[O-]. The van der Waals surface area contributed by atoms with Crippen LogP contribution < -0.4 is 0 Å². The van der Waals surface area contributed by atoms with Gasteiger partial charge in [0.15, 0.2) is 11.8 Å². The summed E-state index contributed by atoms with van der Waals surface area (Å²) in [5.74, 6) is 0. The molecule has 0 fully saturated rings. The Morgan fingerprint density at radius 3 is 2.71 bits per heavy atom. The largest absolute Gasteiger partial charge is 0.623 e. The van der Waals surface area contributed by atoms with Crippen LogP contribution in [0, 0.1) is 5.21 Å². The van der Waals surface area contributed by atoms with Gasteiger partial charge in [0.05, 0.1) is 0 Å². The van der Waals surface area contributed by atoms with Gasteiger partial charge in [-0.2, -0.15) is 0 Å². The lowest BCUT2D eigenvalue weighted by molar-refractivity contribution is -0.537. The van der Waals surface area contributed by atoms with Crippen molar-refractivity contribution in [1.82, 2.24) is 0 Å². The number of rotatable bonds is 0. The van der Waals surface area contributed by atoms with Crippen molar-refractivity contribution >= 4 is 17.0 Å². The minimum Gasteiger partial charge on any atom is -0.623 e. The first-order valence-electron chi connectivity index (χ1n) is 5.90. The van der Waals surface area contributed by atoms with Crippen molar-refractivity contribution in [3.05, 3.63) is 52.7 Å². The fourth-order valence-electron chi connectivity index (χ4n) is 2.48. The van der Waals surface area contributed by atoms with Gasteiger partial charge in [-0.3, -0.25) is 0 Å². The van der Waals surface area contributed by atoms with Crippen LogP contribution in [0.15, 0.2) is 36.4 Å². The van der Waals surface area contributed by atoms with Crippen molar-refractivity contribution < 1.29 is 4.74 Å². The fourth-order valence-corrected chi connectivity index (χ4v) is 2.48. The lowest BCUT2D eigenvalue weighted by Gasteiger charge is -2.29. The second-order valence-electron chi connectivity index (χ2n) is 5.30. The summed E-state index contributed by atoms with van der Waals surface area (Å²) in [6.07, 6.45) is 2.51. The van der Waals surface area contributed by atoms with E-state index in [0.717, 1.165) is 16.7 Å². The summed E-state index contributed by atoms with van der Waals surface area (Å²) in [5, 5.41) is 14.4. The quantitative estimate of drug-likeness (QED) is 0.499. The van der Waals surface area contributed by atoms with Gasteiger partial charge in [0.1, 0.15) is 0 Å². The number of hydrogen-bond donors (Lipinski definition) is 0. The first kappa shape index (κ1) is 10.3. The second kappa shape index (κ2) is 3.33. The Kier molecular flexibility index (Phi) is 2.02. The number of benzene rings is 2. The summed E-state index contributed by atoms with van der Waals surface area (Å²) >= 11 is 0. The smallest absolute Gasteiger partial charge is 0.182 e. The third kappa shape index (κ3) is 1.52. The van der Waals surface area contributed by atoms with Crippen LogP contribution in [0.3, 0.4) is 0 Å². The molecule has 0 amide bonds. The van der Waals surface area contributed by atoms with Gasteiger partial charge in [-0.25, -0.2) is 4.74 Å². The van der Waals surface area contributed by atoms with Gasteiger partial charge in [0.2, 0.25) is 0 Å². The van der Waals surface area contributed by atoms with Gasteiger partial charge >= 0.3 is 0 Å². The molecule has 0 bridgehead atoms. The summed E-state index contributed by atoms with van der Waals surface area (Å²) in [7, 11) is 0. The molecule has 0 saturated heterocycles. The highest BCUT2D eigenvalue weighted by Crippen LogP contribution is 2.29. The van der Waals surface area contributed by atoms with Crippen LogP contribution >= 0.6 is 0 Å². The number of nitrogens with zero attached hydrogens (tertiary/aromatic N) is 1. The van der Waals surface area contributed by atoms with E-state index in [1.54, 1.807) is 6.21 Å². The lowest BCUT2D eigenvalue weighted by Crippen LogP contribution is -2.39. The predicted octanol–water partition coefficient (Wildman–Crippen LogP) is 3.10. The molecule has 0 aromatic heterocycles. The van der Waals surface area contributed by atoms with Crippen LogP contribution in [0.4, 0.5) is 0 Å². The standard InChI is InChI=1S/C15H15NO/c1-15(2)9-14-12(10-16(15)17)8-7-11-5-3-4-6-13(11)14/h3-8,10H,9H2,1-2H3. The van der Waals surface area contributed by atoms with E-state index < -0.39 is 0 Å². The van der Waals surface area contributed by atoms with Gasteiger partial charge in [0.25, 0.3) is 0 Å². The van der Waals surface area contributed by atoms with Crippen molar-refractivity contribution in [2.75, 3.05) is 0 Å². The average Bonchev–Trinajstić information content (AvgIpc) is 2.31.